The van der Waals surface area contributed by atoms with Crippen LogP contribution in [0.15, 0.2) is 35.6 Å². The van der Waals surface area contributed by atoms with Gasteiger partial charge >= 0.3 is 0 Å². The van der Waals surface area contributed by atoms with Crippen molar-refractivity contribution in [1.82, 2.24) is 9.55 Å². The van der Waals surface area contributed by atoms with Gasteiger partial charge in [0.15, 0.2) is 11.3 Å². The van der Waals surface area contributed by atoms with Crippen molar-refractivity contribution in [2.24, 2.45) is 0 Å². The fourth-order valence-electron chi connectivity index (χ4n) is 1.44. The van der Waals surface area contributed by atoms with Gasteiger partial charge < -0.3 is 0 Å². The van der Waals surface area contributed by atoms with Gasteiger partial charge in [-0.1, -0.05) is 11.6 Å². The van der Waals surface area contributed by atoms with E-state index in [2.05, 4.69) is 4.98 Å². The normalized spacial score (nSPS) is 11.4. The van der Waals surface area contributed by atoms with E-state index in [-0.39, 0.29) is 5.69 Å². The summed E-state index contributed by atoms with van der Waals surface area (Å²) in [6, 6.07) is 6.48. The van der Waals surface area contributed by atoms with E-state index in [0.29, 0.717) is 17.0 Å². The molecule has 8 heteroatoms. The maximum absolute atomic E-state index is 11.2. The second-order valence-electron chi connectivity index (χ2n) is 3.34. The Kier molecular flexibility index (Phi) is 3.43. The second kappa shape index (κ2) is 4.72. The van der Waals surface area contributed by atoms with Crippen LogP contribution in [0.25, 0.3) is 5.69 Å². The van der Waals surface area contributed by atoms with Gasteiger partial charge in [0.2, 0.25) is 0 Å². The van der Waals surface area contributed by atoms with Crippen molar-refractivity contribution in [3.63, 3.8) is 0 Å². The van der Waals surface area contributed by atoms with Crippen molar-refractivity contribution in [2.45, 2.75) is 5.03 Å². The lowest BCUT2D eigenvalue weighted by Crippen LogP contribution is -2.02. The fourth-order valence-corrected chi connectivity index (χ4v) is 2.50. The van der Waals surface area contributed by atoms with E-state index >= 15 is 0 Å². The first-order valence-corrected chi connectivity index (χ1v) is 7.35. The van der Waals surface area contributed by atoms with Crippen molar-refractivity contribution in [3.05, 3.63) is 41.3 Å². The molecule has 0 saturated carbocycles. The Morgan fingerprint density at radius 1 is 1.22 bits per heavy atom. The molecule has 1 aromatic carbocycles. The van der Waals surface area contributed by atoms with Gasteiger partial charge in [0.1, 0.15) is 12.0 Å². The van der Waals surface area contributed by atoms with Crippen molar-refractivity contribution in [2.75, 3.05) is 0 Å². The monoisotopic (exact) mass is 304 g/mol. The molecular weight excluding hydrogens is 299 g/mol. The van der Waals surface area contributed by atoms with Crippen LogP contribution in [-0.2, 0) is 9.05 Å². The Hall–Kier alpha value is -1.37. The summed E-state index contributed by atoms with van der Waals surface area (Å²) in [6.07, 6.45) is 1.60. The van der Waals surface area contributed by atoms with Gasteiger partial charge in [-0.15, -0.1) is 0 Å². The quantitative estimate of drug-likeness (QED) is 0.644. The highest BCUT2D eigenvalue weighted by atomic mass is 35.7. The molecule has 18 heavy (non-hydrogen) atoms. The van der Waals surface area contributed by atoms with Crippen LogP contribution in [0.2, 0.25) is 5.02 Å². The first-order chi connectivity index (χ1) is 8.43. The van der Waals surface area contributed by atoms with Gasteiger partial charge in [0, 0.05) is 21.4 Å². The van der Waals surface area contributed by atoms with E-state index in [1.165, 1.54) is 10.9 Å². The van der Waals surface area contributed by atoms with Gasteiger partial charge in [-0.25, -0.2) is 13.4 Å². The Balaban J connectivity index is 2.63. The predicted molar refractivity (Wildman–Crippen MR) is 67.0 cm³/mol. The minimum Gasteiger partial charge on any atom is -0.296 e. The molecule has 0 bridgehead atoms. The minimum atomic E-state index is -4.06. The average molecular weight is 305 g/mol. The molecule has 94 valence electrons. The van der Waals surface area contributed by atoms with Crippen LogP contribution >= 0.6 is 22.3 Å². The van der Waals surface area contributed by atoms with Crippen LogP contribution in [0.4, 0.5) is 0 Å². The lowest BCUT2D eigenvalue weighted by Gasteiger charge is -2.04. The lowest BCUT2D eigenvalue weighted by atomic mass is 10.3. The topological polar surface area (TPSA) is 69.0 Å². The summed E-state index contributed by atoms with van der Waals surface area (Å²) in [5.41, 5.74) is 0.424. The molecule has 0 N–H and O–H groups in total. The van der Waals surface area contributed by atoms with Crippen LogP contribution in [0, 0.1) is 0 Å². The van der Waals surface area contributed by atoms with E-state index in [1.807, 2.05) is 0 Å². The van der Waals surface area contributed by atoms with Crippen molar-refractivity contribution >= 4 is 37.6 Å². The number of rotatable bonds is 3. The number of nitrogens with zero attached hydrogens (tertiary/aromatic N) is 2. The summed E-state index contributed by atoms with van der Waals surface area (Å²) in [6.45, 7) is 0. The maximum atomic E-state index is 11.2. The third kappa shape index (κ3) is 2.40. The van der Waals surface area contributed by atoms with Gasteiger partial charge in [0.25, 0.3) is 9.05 Å². The number of aromatic nitrogens is 2. The fraction of sp³-hybridized carbons (Fsp3) is 0. The van der Waals surface area contributed by atoms with Crippen LogP contribution in [-0.4, -0.2) is 24.3 Å². The second-order valence-corrected chi connectivity index (χ2v) is 6.25. The number of aldehydes is 1. The molecule has 0 saturated heterocycles. The van der Waals surface area contributed by atoms with E-state index in [0.717, 1.165) is 0 Å². The number of benzene rings is 1. The summed E-state index contributed by atoms with van der Waals surface area (Å²) in [5, 5.41) is 0.0609. The zero-order valence-corrected chi connectivity index (χ0v) is 11.1. The largest absolute Gasteiger partial charge is 0.296 e. The van der Waals surface area contributed by atoms with Crippen LogP contribution in [0.3, 0.4) is 0 Å². The molecule has 0 fully saturated rings. The Bertz CT molecular complexity index is 692. The van der Waals surface area contributed by atoms with Gasteiger partial charge in [0.05, 0.1) is 0 Å². The third-order valence-corrected chi connectivity index (χ3v) is 3.68. The maximum Gasteiger partial charge on any atom is 0.280 e. The highest BCUT2D eigenvalue weighted by Crippen LogP contribution is 2.21. The molecule has 5 nitrogen and oxygen atoms in total. The number of hydrogen-bond acceptors (Lipinski definition) is 4. The molecule has 2 rings (SSSR count). The standard InChI is InChI=1S/C10H6Cl2N2O3S/c11-7-1-3-8(4-2-7)14-6-13-10(9(14)5-15)18(12,16)17/h1-6H. The highest BCUT2D eigenvalue weighted by Gasteiger charge is 2.22. The number of carbonyl (C=O) groups excluding carboxylic acids is 1. The molecule has 1 aromatic heterocycles. The van der Waals surface area contributed by atoms with Crippen molar-refractivity contribution in [3.8, 4) is 5.69 Å². The van der Waals surface area contributed by atoms with Gasteiger partial charge in [-0.05, 0) is 24.3 Å². The number of hydrogen-bond donors (Lipinski definition) is 0. The van der Waals surface area contributed by atoms with Crippen molar-refractivity contribution in [1.29, 1.82) is 0 Å². The summed E-state index contributed by atoms with van der Waals surface area (Å²) < 4.78 is 23.8. The van der Waals surface area contributed by atoms with Crippen LogP contribution in [0.5, 0.6) is 0 Å². The zero-order chi connectivity index (χ0) is 13.3. The molecule has 0 spiro atoms. The van der Waals surface area contributed by atoms with Gasteiger partial charge in [-0.2, -0.15) is 0 Å². The smallest absolute Gasteiger partial charge is 0.280 e. The molecular formula is C10H6Cl2N2O3S. The Morgan fingerprint density at radius 2 is 1.83 bits per heavy atom. The molecule has 2 aromatic rings. The molecule has 0 aliphatic heterocycles. The van der Waals surface area contributed by atoms with E-state index in [4.69, 9.17) is 22.3 Å². The third-order valence-electron chi connectivity index (χ3n) is 2.22. The average Bonchev–Trinajstić information content (AvgIpc) is 2.73. The summed E-state index contributed by atoms with van der Waals surface area (Å²) in [4.78, 5) is 14.6. The SMILES string of the molecule is O=Cc1c(S(=O)(=O)Cl)ncn1-c1ccc(Cl)cc1. The lowest BCUT2D eigenvalue weighted by molar-refractivity contribution is 0.111. The highest BCUT2D eigenvalue weighted by molar-refractivity contribution is 8.13. The van der Waals surface area contributed by atoms with Gasteiger partial charge in [-0.3, -0.25) is 9.36 Å². The van der Waals surface area contributed by atoms with E-state index < -0.39 is 14.1 Å². The molecule has 0 aliphatic carbocycles. The Labute approximate surface area is 112 Å². The van der Waals surface area contributed by atoms with Crippen LogP contribution in [0.1, 0.15) is 10.5 Å². The van der Waals surface area contributed by atoms with Crippen molar-refractivity contribution < 1.29 is 13.2 Å². The summed E-state index contributed by atoms with van der Waals surface area (Å²) in [7, 11) is 1.13. The number of carbonyl (C=O) groups is 1. The van der Waals surface area contributed by atoms with Crippen LogP contribution < -0.4 is 0 Å². The molecule has 1 heterocycles. The molecule has 0 aliphatic rings. The molecule has 0 radical (unpaired) electrons. The molecule has 0 amide bonds. The number of imidazole rings is 1. The molecule has 0 atom stereocenters. The first-order valence-electron chi connectivity index (χ1n) is 4.66. The van der Waals surface area contributed by atoms with E-state index in [1.54, 1.807) is 24.3 Å². The first kappa shape index (κ1) is 13.1. The summed E-state index contributed by atoms with van der Waals surface area (Å²) in [5.74, 6) is 0. The predicted octanol–water partition coefficient (Wildman–Crippen LogP) is 2.27. The minimum absolute atomic E-state index is 0.132. The summed E-state index contributed by atoms with van der Waals surface area (Å²) >= 11 is 5.74. The Morgan fingerprint density at radius 3 is 2.33 bits per heavy atom. The number of halogens is 2. The van der Waals surface area contributed by atoms with E-state index in [9.17, 15) is 13.2 Å². The zero-order valence-electron chi connectivity index (χ0n) is 8.75. The molecule has 0 unspecified atom stereocenters.